The van der Waals surface area contributed by atoms with Crippen LogP contribution in [0.5, 0.6) is 0 Å². The summed E-state index contributed by atoms with van der Waals surface area (Å²) in [4.78, 5) is 2.08. The lowest BCUT2D eigenvalue weighted by molar-refractivity contribution is 0.794. The summed E-state index contributed by atoms with van der Waals surface area (Å²) in [6.07, 6.45) is 0. The normalized spacial score (nSPS) is 10.8. The van der Waals surface area contributed by atoms with Crippen molar-refractivity contribution in [1.29, 1.82) is 0 Å². The minimum Gasteiger partial charge on any atom is -0.378 e. The molecule has 0 aliphatic heterocycles. The number of nitrogens with zero attached hydrogens (tertiary/aromatic N) is 4. The maximum atomic E-state index is 5.92. The minimum absolute atomic E-state index is 0.755. The van der Waals surface area contributed by atoms with E-state index in [0.29, 0.717) is 0 Å². The lowest BCUT2D eigenvalue weighted by Gasteiger charge is -2.13. The number of thioether (sulfide) groups is 1. The van der Waals surface area contributed by atoms with E-state index in [1.807, 2.05) is 56.0 Å². The highest BCUT2D eigenvalue weighted by atomic mass is 35.5. The van der Waals surface area contributed by atoms with Crippen molar-refractivity contribution in [3.05, 3.63) is 59.1 Å². The van der Waals surface area contributed by atoms with Crippen molar-refractivity contribution in [1.82, 2.24) is 14.8 Å². The van der Waals surface area contributed by atoms with Crippen LogP contribution in [-0.2, 0) is 12.8 Å². The highest BCUT2D eigenvalue weighted by Gasteiger charge is 2.12. The van der Waals surface area contributed by atoms with Gasteiger partial charge in [-0.25, -0.2) is 0 Å². The van der Waals surface area contributed by atoms with Crippen LogP contribution in [0.2, 0.25) is 5.02 Å². The van der Waals surface area contributed by atoms with Gasteiger partial charge in [0.1, 0.15) is 0 Å². The van der Waals surface area contributed by atoms with Crippen LogP contribution in [0.25, 0.3) is 11.4 Å². The van der Waals surface area contributed by atoms with Gasteiger partial charge in [0.2, 0.25) is 0 Å². The Labute approximate surface area is 151 Å². The summed E-state index contributed by atoms with van der Waals surface area (Å²) in [5, 5.41) is 10.4. The van der Waals surface area contributed by atoms with Gasteiger partial charge in [0.15, 0.2) is 11.0 Å². The van der Waals surface area contributed by atoms with Crippen molar-refractivity contribution >= 4 is 29.1 Å². The molecular formula is C18H19ClN4S. The summed E-state index contributed by atoms with van der Waals surface area (Å²) in [7, 11) is 6.06. The van der Waals surface area contributed by atoms with Gasteiger partial charge in [0.25, 0.3) is 0 Å². The zero-order valence-corrected chi connectivity index (χ0v) is 15.5. The van der Waals surface area contributed by atoms with Gasteiger partial charge >= 0.3 is 0 Å². The summed E-state index contributed by atoms with van der Waals surface area (Å²) >= 11 is 7.59. The van der Waals surface area contributed by atoms with E-state index in [4.69, 9.17) is 11.6 Å². The zero-order valence-electron chi connectivity index (χ0n) is 13.9. The van der Waals surface area contributed by atoms with Crippen molar-refractivity contribution in [2.24, 2.45) is 7.05 Å². The average molecular weight is 359 g/mol. The third-order valence-corrected chi connectivity index (χ3v) is 5.08. The number of rotatable bonds is 5. The average Bonchev–Trinajstić information content (AvgIpc) is 2.95. The number of halogens is 1. The zero-order chi connectivity index (χ0) is 17.1. The highest BCUT2D eigenvalue weighted by molar-refractivity contribution is 7.98. The Hall–Kier alpha value is -1.98. The largest absolute Gasteiger partial charge is 0.378 e. The van der Waals surface area contributed by atoms with Crippen molar-refractivity contribution in [3.63, 3.8) is 0 Å². The van der Waals surface area contributed by atoms with E-state index in [9.17, 15) is 0 Å². The molecule has 0 unspecified atom stereocenters. The van der Waals surface area contributed by atoms with Gasteiger partial charge in [-0.3, -0.25) is 0 Å². The maximum Gasteiger partial charge on any atom is 0.191 e. The van der Waals surface area contributed by atoms with Crippen LogP contribution in [0.4, 0.5) is 5.69 Å². The Bertz CT molecular complexity index is 827. The Morgan fingerprint density at radius 1 is 1.08 bits per heavy atom. The van der Waals surface area contributed by atoms with Crippen LogP contribution in [-0.4, -0.2) is 28.9 Å². The molecule has 1 heterocycles. The van der Waals surface area contributed by atoms with Crippen molar-refractivity contribution in [2.45, 2.75) is 10.9 Å². The predicted octanol–water partition coefficient (Wildman–Crippen LogP) is 4.49. The first-order valence-electron chi connectivity index (χ1n) is 7.59. The Kier molecular flexibility index (Phi) is 5.11. The predicted molar refractivity (Wildman–Crippen MR) is 102 cm³/mol. The molecule has 0 saturated heterocycles. The standard InChI is InChI=1S/C18H19ClN4S/c1-22(2)16-6-4-5-14(11-16)17-20-21-18(23(17)3)24-12-13-7-9-15(19)10-8-13/h4-11H,12H2,1-3H3. The van der Waals surface area contributed by atoms with Crippen LogP contribution in [0.15, 0.2) is 53.7 Å². The fourth-order valence-corrected chi connectivity index (χ4v) is 3.34. The Morgan fingerprint density at radius 2 is 1.83 bits per heavy atom. The molecule has 0 saturated carbocycles. The van der Waals surface area contributed by atoms with Gasteiger partial charge in [0.05, 0.1) is 0 Å². The number of hydrogen-bond acceptors (Lipinski definition) is 4. The molecule has 3 rings (SSSR count). The molecule has 0 spiro atoms. The molecule has 0 radical (unpaired) electrons. The first-order valence-corrected chi connectivity index (χ1v) is 8.95. The summed E-state index contributed by atoms with van der Waals surface area (Å²) in [6.45, 7) is 0. The van der Waals surface area contributed by atoms with Gasteiger partial charge < -0.3 is 9.47 Å². The SMILES string of the molecule is CN(C)c1cccc(-c2nnc(SCc3ccc(Cl)cc3)n2C)c1. The van der Waals surface area contributed by atoms with Gasteiger partial charge in [-0.1, -0.05) is 47.6 Å². The van der Waals surface area contributed by atoms with Crippen molar-refractivity contribution < 1.29 is 0 Å². The molecule has 0 bridgehead atoms. The maximum absolute atomic E-state index is 5.92. The van der Waals surface area contributed by atoms with Crippen molar-refractivity contribution in [3.8, 4) is 11.4 Å². The van der Waals surface area contributed by atoms with Crippen LogP contribution in [0, 0.1) is 0 Å². The van der Waals surface area contributed by atoms with Gasteiger partial charge in [-0.05, 0) is 29.8 Å². The molecule has 0 aliphatic rings. The molecule has 2 aromatic carbocycles. The summed E-state index contributed by atoms with van der Waals surface area (Å²) in [5.74, 6) is 1.71. The lowest BCUT2D eigenvalue weighted by atomic mass is 10.2. The molecule has 4 nitrogen and oxygen atoms in total. The molecule has 0 aliphatic carbocycles. The number of anilines is 1. The Morgan fingerprint density at radius 3 is 2.54 bits per heavy atom. The van der Waals surface area contributed by atoms with Gasteiger partial charge in [-0.15, -0.1) is 10.2 Å². The fourth-order valence-electron chi connectivity index (χ4n) is 2.34. The van der Waals surface area contributed by atoms with Crippen LogP contribution >= 0.6 is 23.4 Å². The smallest absolute Gasteiger partial charge is 0.191 e. The Balaban J connectivity index is 1.78. The number of benzene rings is 2. The van der Waals surface area contributed by atoms with Crippen molar-refractivity contribution in [2.75, 3.05) is 19.0 Å². The third-order valence-electron chi connectivity index (χ3n) is 3.74. The number of aromatic nitrogens is 3. The van der Waals surface area contributed by atoms with Crippen LogP contribution < -0.4 is 4.90 Å². The van der Waals surface area contributed by atoms with Gasteiger partial charge in [-0.2, -0.15) is 0 Å². The molecule has 0 amide bonds. The van der Waals surface area contributed by atoms with Gasteiger partial charge in [0, 0.05) is 43.2 Å². The molecule has 124 valence electrons. The topological polar surface area (TPSA) is 34.0 Å². The molecular weight excluding hydrogens is 340 g/mol. The second kappa shape index (κ2) is 7.28. The fraction of sp³-hybridized carbons (Fsp3) is 0.222. The van der Waals surface area contributed by atoms with E-state index in [-0.39, 0.29) is 0 Å². The first-order chi connectivity index (χ1) is 11.5. The van der Waals surface area contributed by atoms with E-state index < -0.39 is 0 Å². The minimum atomic E-state index is 0.755. The van der Waals surface area contributed by atoms with E-state index in [1.165, 1.54) is 5.56 Å². The second-order valence-corrected chi connectivity index (χ2v) is 7.10. The monoisotopic (exact) mass is 358 g/mol. The summed E-state index contributed by atoms with van der Waals surface area (Å²) in [5.41, 5.74) is 3.42. The van der Waals surface area contributed by atoms with E-state index in [2.05, 4.69) is 33.3 Å². The molecule has 24 heavy (non-hydrogen) atoms. The lowest BCUT2D eigenvalue weighted by Crippen LogP contribution is -2.08. The second-order valence-electron chi connectivity index (χ2n) is 5.73. The van der Waals surface area contributed by atoms with E-state index >= 15 is 0 Å². The molecule has 3 aromatic rings. The highest BCUT2D eigenvalue weighted by Crippen LogP contribution is 2.27. The van der Waals surface area contributed by atoms with Crippen LogP contribution in [0.3, 0.4) is 0 Å². The molecule has 6 heteroatoms. The van der Waals surface area contributed by atoms with E-state index in [1.54, 1.807) is 11.8 Å². The summed E-state index contributed by atoms with van der Waals surface area (Å²) in [6, 6.07) is 16.2. The van der Waals surface area contributed by atoms with E-state index in [0.717, 1.165) is 33.0 Å². The first kappa shape index (κ1) is 16.9. The molecule has 0 atom stereocenters. The molecule has 0 fully saturated rings. The molecule has 0 N–H and O–H groups in total. The number of hydrogen-bond donors (Lipinski definition) is 0. The molecule has 1 aromatic heterocycles. The van der Waals surface area contributed by atoms with Crippen LogP contribution in [0.1, 0.15) is 5.56 Å². The third kappa shape index (κ3) is 3.74. The quantitative estimate of drug-likeness (QED) is 0.629. The summed E-state index contributed by atoms with van der Waals surface area (Å²) < 4.78 is 2.04.